The van der Waals surface area contributed by atoms with Gasteiger partial charge >= 0.3 is 5.97 Å². The van der Waals surface area contributed by atoms with Crippen LogP contribution in [0.5, 0.6) is 5.75 Å². The number of aliphatic carboxylic acids is 1. The molecule has 1 N–H and O–H groups in total. The standard InChI is InChI=1S/C18H25NO4/c1-12-10-14-11-15(23-3)8-9-16(14)13(2)19(12)17(20)6-4-5-7-18(21)22/h8-9,11-13H,4-7,10H2,1-3H3,(H,21,22). The van der Waals surface area contributed by atoms with Crippen LogP contribution in [0.2, 0.25) is 0 Å². The SMILES string of the molecule is COc1ccc2c(c1)CC(C)N(C(=O)CCCCC(=O)O)C2C. The third-order valence-corrected chi connectivity index (χ3v) is 4.53. The zero-order valence-corrected chi connectivity index (χ0v) is 14.0. The number of carboxylic acid groups (broad SMARTS) is 1. The number of methoxy groups -OCH3 is 1. The van der Waals surface area contributed by atoms with E-state index in [9.17, 15) is 9.59 Å². The highest BCUT2D eigenvalue weighted by Gasteiger charge is 2.32. The Bertz CT molecular complexity index is 584. The van der Waals surface area contributed by atoms with Crippen molar-refractivity contribution in [3.8, 4) is 5.75 Å². The Morgan fingerprint density at radius 2 is 1.96 bits per heavy atom. The minimum absolute atomic E-state index is 0.0339. The van der Waals surface area contributed by atoms with Crippen LogP contribution in [-0.2, 0) is 16.0 Å². The predicted molar refractivity (Wildman–Crippen MR) is 87.5 cm³/mol. The molecule has 2 rings (SSSR count). The Kier molecular flexibility index (Phi) is 5.64. The second-order valence-electron chi connectivity index (χ2n) is 6.20. The summed E-state index contributed by atoms with van der Waals surface area (Å²) in [5, 5.41) is 8.66. The maximum absolute atomic E-state index is 12.6. The highest BCUT2D eigenvalue weighted by molar-refractivity contribution is 5.77. The summed E-state index contributed by atoms with van der Waals surface area (Å²) in [6.07, 6.45) is 2.52. The number of benzene rings is 1. The molecule has 0 fully saturated rings. The summed E-state index contributed by atoms with van der Waals surface area (Å²) < 4.78 is 5.28. The van der Waals surface area contributed by atoms with Crippen molar-refractivity contribution in [1.82, 2.24) is 4.90 Å². The summed E-state index contributed by atoms with van der Waals surface area (Å²) in [5.74, 6) is 0.147. The number of unbranched alkanes of at least 4 members (excludes halogenated alkanes) is 1. The van der Waals surface area contributed by atoms with Crippen LogP contribution in [0.15, 0.2) is 18.2 Å². The second kappa shape index (κ2) is 7.49. The first-order chi connectivity index (χ1) is 10.9. The molecule has 126 valence electrons. The molecule has 1 aliphatic heterocycles. The molecule has 0 saturated carbocycles. The van der Waals surface area contributed by atoms with Crippen LogP contribution in [0.3, 0.4) is 0 Å². The van der Waals surface area contributed by atoms with E-state index in [4.69, 9.17) is 9.84 Å². The Balaban J connectivity index is 2.05. The number of carbonyl (C=O) groups excluding carboxylic acids is 1. The van der Waals surface area contributed by atoms with Crippen LogP contribution < -0.4 is 4.74 Å². The van der Waals surface area contributed by atoms with E-state index < -0.39 is 5.97 Å². The average Bonchev–Trinajstić information content (AvgIpc) is 2.50. The van der Waals surface area contributed by atoms with Crippen LogP contribution >= 0.6 is 0 Å². The molecule has 1 amide bonds. The molecular formula is C18H25NO4. The van der Waals surface area contributed by atoms with Gasteiger partial charge in [0.05, 0.1) is 13.2 Å². The first-order valence-corrected chi connectivity index (χ1v) is 8.13. The molecule has 0 aliphatic carbocycles. The molecule has 1 aromatic carbocycles. The van der Waals surface area contributed by atoms with E-state index in [1.54, 1.807) is 7.11 Å². The monoisotopic (exact) mass is 319 g/mol. The molecule has 2 atom stereocenters. The van der Waals surface area contributed by atoms with Crippen molar-refractivity contribution >= 4 is 11.9 Å². The molecule has 0 aromatic heterocycles. The van der Waals surface area contributed by atoms with Crippen molar-refractivity contribution in [3.63, 3.8) is 0 Å². The van der Waals surface area contributed by atoms with Crippen molar-refractivity contribution in [2.24, 2.45) is 0 Å². The van der Waals surface area contributed by atoms with Gasteiger partial charge in [0, 0.05) is 18.9 Å². The van der Waals surface area contributed by atoms with Crippen LogP contribution in [0.25, 0.3) is 0 Å². The zero-order valence-electron chi connectivity index (χ0n) is 14.0. The maximum atomic E-state index is 12.6. The maximum Gasteiger partial charge on any atom is 0.303 e. The first-order valence-electron chi connectivity index (χ1n) is 8.13. The molecule has 0 radical (unpaired) electrons. The fourth-order valence-corrected chi connectivity index (χ4v) is 3.38. The van der Waals surface area contributed by atoms with Crippen molar-refractivity contribution < 1.29 is 19.4 Å². The van der Waals surface area contributed by atoms with E-state index in [-0.39, 0.29) is 24.4 Å². The van der Waals surface area contributed by atoms with E-state index in [2.05, 4.69) is 19.9 Å². The summed E-state index contributed by atoms with van der Waals surface area (Å²) in [4.78, 5) is 25.0. The minimum atomic E-state index is -0.806. The summed E-state index contributed by atoms with van der Waals surface area (Å²) >= 11 is 0. The number of ether oxygens (including phenoxy) is 1. The van der Waals surface area contributed by atoms with Gasteiger partial charge in [0.2, 0.25) is 5.91 Å². The van der Waals surface area contributed by atoms with Gasteiger partial charge in [0.1, 0.15) is 5.75 Å². The van der Waals surface area contributed by atoms with Gasteiger partial charge in [-0.3, -0.25) is 9.59 Å². The summed E-state index contributed by atoms with van der Waals surface area (Å²) in [7, 11) is 1.66. The summed E-state index contributed by atoms with van der Waals surface area (Å²) in [6, 6.07) is 6.19. The van der Waals surface area contributed by atoms with Crippen molar-refractivity contribution in [3.05, 3.63) is 29.3 Å². The average molecular weight is 319 g/mol. The molecule has 23 heavy (non-hydrogen) atoms. The number of nitrogens with zero attached hydrogens (tertiary/aromatic N) is 1. The number of rotatable bonds is 6. The number of carboxylic acids is 1. The molecule has 1 aromatic rings. The van der Waals surface area contributed by atoms with Crippen molar-refractivity contribution in [1.29, 1.82) is 0 Å². The number of fused-ring (bicyclic) bond motifs is 1. The van der Waals surface area contributed by atoms with Gasteiger partial charge in [-0.05, 0) is 56.4 Å². The molecule has 0 saturated heterocycles. The fraction of sp³-hybridized carbons (Fsp3) is 0.556. The molecule has 5 nitrogen and oxygen atoms in total. The minimum Gasteiger partial charge on any atom is -0.497 e. The van der Waals surface area contributed by atoms with E-state index in [0.717, 1.165) is 12.2 Å². The summed E-state index contributed by atoms with van der Waals surface area (Å²) in [5.41, 5.74) is 2.40. The normalized spacial score (nSPS) is 20.0. The molecular weight excluding hydrogens is 294 g/mol. The smallest absolute Gasteiger partial charge is 0.303 e. The molecule has 1 heterocycles. The summed E-state index contributed by atoms with van der Waals surface area (Å²) in [6.45, 7) is 4.12. The highest BCUT2D eigenvalue weighted by atomic mass is 16.5. The Labute approximate surface area is 137 Å². The van der Waals surface area contributed by atoms with E-state index in [1.165, 1.54) is 11.1 Å². The second-order valence-corrected chi connectivity index (χ2v) is 6.20. The molecule has 2 unspecified atom stereocenters. The largest absolute Gasteiger partial charge is 0.497 e. The fourth-order valence-electron chi connectivity index (χ4n) is 3.38. The zero-order chi connectivity index (χ0) is 17.0. The molecule has 5 heteroatoms. The van der Waals surface area contributed by atoms with Gasteiger partial charge in [-0.1, -0.05) is 6.07 Å². The Morgan fingerprint density at radius 3 is 2.61 bits per heavy atom. The van der Waals surface area contributed by atoms with Gasteiger partial charge in [-0.15, -0.1) is 0 Å². The Hall–Kier alpha value is -2.04. The van der Waals surface area contributed by atoms with E-state index >= 15 is 0 Å². The lowest BCUT2D eigenvalue weighted by atomic mass is 9.89. The van der Waals surface area contributed by atoms with Crippen molar-refractivity contribution in [2.45, 2.75) is 58.0 Å². The Morgan fingerprint density at radius 1 is 1.26 bits per heavy atom. The third-order valence-electron chi connectivity index (χ3n) is 4.53. The quantitative estimate of drug-likeness (QED) is 0.818. The number of amides is 1. The lowest BCUT2D eigenvalue weighted by Gasteiger charge is -2.40. The van der Waals surface area contributed by atoms with E-state index in [0.29, 0.717) is 19.3 Å². The van der Waals surface area contributed by atoms with Crippen LogP contribution in [0, 0.1) is 0 Å². The molecule has 0 bridgehead atoms. The van der Waals surface area contributed by atoms with E-state index in [1.807, 2.05) is 17.0 Å². The third kappa shape index (κ3) is 4.03. The first kappa shape index (κ1) is 17.3. The van der Waals surface area contributed by atoms with Crippen LogP contribution in [0.1, 0.15) is 56.7 Å². The number of hydrogen-bond donors (Lipinski definition) is 1. The lowest BCUT2D eigenvalue weighted by Crippen LogP contribution is -2.44. The molecule has 1 aliphatic rings. The van der Waals surface area contributed by atoms with Gasteiger partial charge in [-0.25, -0.2) is 0 Å². The number of hydrogen-bond acceptors (Lipinski definition) is 3. The van der Waals surface area contributed by atoms with Gasteiger partial charge in [-0.2, -0.15) is 0 Å². The van der Waals surface area contributed by atoms with Gasteiger partial charge in [0.25, 0.3) is 0 Å². The number of carbonyl (C=O) groups is 2. The van der Waals surface area contributed by atoms with Crippen LogP contribution in [0.4, 0.5) is 0 Å². The van der Waals surface area contributed by atoms with Crippen LogP contribution in [-0.4, -0.2) is 35.0 Å². The van der Waals surface area contributed by atoms with Gasteiger partial charge in [0.15, 0.2) is 0 Å². The highest BCUT2D eigenvalue weighted by Crippen LogP contribution is 2.35. The van der Waals surface area contributed by atoms with Gasteiger partial charge < -0.3 is 14.7 Å². The predicted octanol–water partition coefficient (Wildman–Crippen LogP) is 3.17. The topological polar surface area (TPSA) is 66.8 Å². The lowest BCUT2D eigenvalue weighted by molar-refractivity contribution is -0.138. The molecule has 0 spiro atoms. The van der Waals surface area contributed by atoms with Crippen molar-refractivity contribution in [2.75, 3.05) is 7.11 Å².